The maximum atomic E-state index is 11.0. The Hall–Kier alpha value is -1.69. The van der Waals surface area contributed by atoms with Gasteiger partial charge in [0.2, 0.25) is 0 Å². The van der Waals surface area contributed by atoms with Crippen LogP contribution >= 0.6 is 12.2 Å². The molecular weight excluding hydrogens is 286 g/mol. The van der Waals surface area contributed by atoms with Gasteiger partial charge in [-0.3, -0.25) is 10.1 Å². The van der Waals surface area contributed by atoms with Gasteiger partial charge < -0.3 is 10.6 Å². The number of nitrogens with one attached hydrogen (secondary N) is 2. The molecule has 3 atom stereocenters. The maximum absolute atomic E-state index is 11.0. The van der Waals surface area contributed by atoms with Crippen molar-refractivity contribution >= 4 is 28.7 Å². The molecular formula is C15H19N3O2S. The van der Waals surface area contributed by atoms with Gasteiger partial charge in [-0.15, -0.1) is 0 Å². The van der Waals surface area contributed by atoms with Crippen LogP contribution in [0.1, 0.15) is 31.2 Å². The molecule has 3 rings (SSSR count). The summed E-state index contributed by atoms with van der Waals surface area (Å²) in [5, 5.41) is 18.0. The van der Waals surface area contributed by atoms with Gasteiger partial charge in [0.1, 0.15) is 0 Å². The van der Waals surface area contributed by atoms with Gasteiger partial charge in [-0.1, -0.05) is 12.5 Å². The summed E-state index contributed by atoms with van der Waals surface area (Å²) in [6.07, 6.45) is 5.16. The van der Waals surface area contributed by atoms with Gasteiger partial charge >= 0.3 is 0 Å². The van der Waals surface area contributed by atoms with Crippen molar-refractivity contribution in [2.45, 2.75) is 38.6 Å². The van der Waals surface area contributed by atoms with E-state index in [1.165, 1.54) is 31.7 Å². The van der Waals surface area contributed by atoms with Crippen molar-refractivity contribution in [3.8, 4) is 0 Å². The third kappa shape index (κ3) is 2.85. The average Bonchev–Trinajstić information content (AvgIpc) is 3.03. The zero-order valence-electron chi connectivity index (χ0n) is 12.0. The average molecular weight is 305 g/mol. The van der Waals surface area contributed by atoms with Crippen LogP contribution in [-0.2, 0) is 0 Å². The molecule has 2 saturated carbocycles. The number of anilines is 1. The van der Waals surface area contributed by atoms with Gasteiger partial charge in [0.15, 0.2) is 5.11 Å². The van der Waals surface area contributed by atoms with Crippen molar-refractivity contribution in [1.29, 1.82) is 0 Å². The number of nitrogens with zero attached hydrogens (tertiary/aromatic N) is 1. The van der Waals surface area contributed by atoms with Crippen LogP contribution in [0, 0.1) is 28.9 Å². The van der Waals surface area contributed by atoms with Crippen molar-refractivity contribution < 1.29 is 4.92 Å². The van der Waals surface area contributed by atoms with E-state index >= 15 is 0 Å². The highest BCUT2D eigenvalue weighted by atomic mass is 32.1. The van der Waals surface area contributed by atoms with Crippen molar-refractivity contribution in [3.63, 3.8) is 0 Å². The van der Waals surface area contributed by atoms with E-state index in [1.807, 2.05) is 6.07 Å². The maximum Gasteiger partial charge on any atom is 0.274 e. The highest BCUT2D eigenvalue weighted by Crippen LogP contribution is 2.44. The Bertz CT molecular complexity index is 590. The van der Waals surface area contributed by atoms with E-state index in [1.54, 1.807) is 13.0 Å². The zero-order valence-corrected chi connectivity index (χ0v) is 12.8. The number of thiocarbonyl (C=S) groups is 1. The fourth-order valence-electron chi connectivity index (χ4n) is 3.70. The molecule has 112 valence electrons. The molecule has 2 bridgehead atoms. The molecule has 5 nitrogen and oxygen atoms in total. The number of rotatable bonds is 3. The molecule has 0 heterocycles. The van der Waals surface area contributed by atoms with Gasteiger partial charge in [0.05, 0.1) is 10.5 Å². The van der Waals surface area contributed by atoms with E-state index in [9.17, 15) is 10.1 Å². The predicted molar refractivity (Wildman–Crippen MR) is 86.4 cm³/mol. The second-order valence-corrected chi connectivity index (χ2v) is 6.49. The lowest BCUT2D eigenvalue weighted by Gasteiger charge is -2.24. The zero-order chi connectivity index (χ0) is 15.0. The summed E-state index contributed by atoms with van der Waals surface area (Å²) in [5.74, 6) is 1.59. The Labute approximate surface area is 129 Å². The highest BCUT2D eigenvalue weighted by Gasteiger charge is 2.39. The normalized spacial score (nSPS) is 26.6. The molecule has 21 heavy (non-hydrogen) atoms. The molecule has 0 amide bonds. The first kappa shape index (κ1) is 14.3. The molecule has 6 heteroatoms. The molecule has 1 aromatic rings. The smallest absolute Gasteiger partial charge is 0.274 e. The molecule has 0 aromatic heterocycles. The lowest BCUT2D eigenvalue weighted by atomic mass is 9.95. The van der Waals surface area contributed by atoms with E-state index in [0.29, 0.717) is 22.4 Å². The highest BCUT2D eigenvalue weighted by molar-refractivity contribution is 7.80. The van der Waals surface area contributed by atoms with Crippen LogP contribution in [0.5, 0.6) is 0 Å². The van der Waals surface area contributed by atoms with Crippen LogP contribution in [0.2, 0.25) is 0 Å². The number of nitro groups is 1. The van der Waals surface area contributed by atoms with Gasteiger partial charge in [0, 0.05) is 17.8 Å². The second kappa shape index (κ2) is 5.60. The minimum absolute atomic E-state index is 0.114. The Kier molecular flexibility index (Phi) is 3.80. The number of hydrogen-bond donors (Lipinski definition) is 2. The van der Waals surface area contributed by atoms with E-state index in [0.717, 1.165) is 11.8 Å². The molecule has 0 unspecified atom stereocenters. The van der Waals surface area contributed by atoms with Crippen molar-refractivity contribution in [2.75, 3.05) is 5.32 Å². The van der Waals surface area contributed by atoms with Crippen molar-refractivity contribution in [3.05, 3.63) is 33.9 Å². The summed E-state index contributed by atoms with van der Waals surface area (Å²) in [6, 6.07) is 5.46. The van der Waals surface area contributed by atoms with Crippen LogP contribution in [0.15, 0.2) is 18.2 Å². The first-order chi connectivity index (χ1) is 10.0. The second-order valence-electron chi connectivity index (χ2n) is 6.09. The molecule has 2 aliphatic carbocycles. The summed E-state index contributed by atoms with van der Waals surface area (Å²) in [4.78, 5) is 10.6. The molecule has 0 spiro atoms. The summed E-state index contributed by atoms with van der Waals surface area (Å²) < 4.78 is 0. The monoisotopic (exact) mass is 305 g/mol. The van der Waals surface area contributed by atoms with Gasteiger partial charge in [-0.25, -0.2) is 0 Å². The summed E-state index contributed by atoms with van der Waals surface area (Å²) >= 11 is 5.36. The Morgan fingerprint density at radius 1 is 1.38 bits per heavy atom. The SMILES string of the molecule is Cc1c(NC(=S)N[C@H]2C[C@@H]3CC[C@@H]2C3)cccc1[N+](=O)[O-]. The van der Waals surface area contributed by atoms with Crippen LogP contribution < -0.4 is 10.6 Å². The quantitative estimate of drug-likeness (QED) is 0.509. The Balaban J connectivity index is 1.65. The van der Waals surface area contributed by atoms with Crippen LogP contribution in [0.25, 0.3) is 0 Å². The first-order valence-corrected chi connectivity index (χ1v) is 7.77. The summed E-state index contributed by atoms with van der Waals surface area (Å²) in [5.41, 5.74) is 1.42. The molecule has 0 saturated heterocycles. The van der Waals surface area contributed by atoms with E-state index in [2.05, 4.69) is 10.6 Å². The third-order valence-electron chi connectivity index (χ3n) is 4.80. The lowest BCUT2D eigenvalue weighted by molar-refractivity contribution is -0.385. The fourth-order valence-corrected chi connectivity index (χ4v) is 3.97. The molecule has 2 fully saturated rings. The summed E-state index contributed by atoms with van der Waals surface area (Å²) in [6.45, 7) is 1.74. The van der Waals surface area contributed by atoms with E-state index in [-0.39, 0.29) is 10.6 Å². The topological polar surface area (TPSA) is 67.2 Å². The number of fused-ring (bicyclic) bond motifs is 2. The van der Waals surface area contributed by atoms with Crippen molar-refractivity contribution in [2.24, 2.45) is 11.8 Å². The molecule has 1 aromatic carbocycles. The summed E-state index contributed by atoms with van der Waals surface area (Å²) in [7, 11) is 0. The Morgan fingerprint density at radius 3 is 2.81 bits per heavy atom. The molecule has 2 N–H and O–H groups in total. The predicted octanol–water partition coefficient (Wildman–Crippen LogP) is 3.38. The molecule has 0 radical (unpaired) electrons. The number of benzene rings is 1. The van der Waals surface area contributed by atoms with Crippen LogP contribution in [-0.4, -0.2) is 16.1 Å². The van der Waals surface area contributed by atoms with Gasteiger partial charge in [-0.2, -0.15) is 0 Å². The van der Waals surface area contributed by atoms with Crippen LogP contribution in [0.3, 0.4) is 0 Å². The molecule has 0 aliphatic heterocycles. The lowest BCUT2D eigenvalue weighted by Crippen LogP contribution is -2.40. The molecule has 2 aliphatic rings. The number of nitro benzene ring substituents is 1. The number of hydrogen-bond acceptors (Lipinski definition) is 3. The standard InChI is InChI=1S/C15H19N3O2S/c1-9-12(3-2-4-14(9)18(19)20)16-15(21)17-13-8-10-5-6-11(13)7-10/h2-4,10-11,13H,5-8H2,1H3,(H2,16,17,21)/t10-,11-,13+/m1/s1. The fraction of sp³-hybridized carbons (Fsp3) is 0.533. The minimum atomic E-state index is -0.368. The largest absolute Gasteiger partial charge is 0.359 e. The van der Waals surface area contributed by atoms with Gasteiger partial charge in [-0.05, 0) is 56.3 Å². The third-order valence-corrected chi connectivity index (χ3v) is 5.02. The first-order valence-electron chi connectivity index (χ1n) is 7.36. The van der Waals surface area contributed by atoms with E-state index in [4.69, 9.17) is 12.2 Å². The Morgan fingerprint density at radius 2 is 2.19 bits per heavy atom. The van der Waals surface area contributed by atoms with E-state index < -0.39 is 0 Å². The van der Waals surface area contributed by atoms with Gasteiger partial charge in [0.25, 0.3) is 5.69 Å². The minimum Gasteiger partial charge on any atom is -0.359 e. The van der Waals surface area contributed by atoms with Crippen molar-refractivity contribution in [1.82, 2.24) is 5.32 Å². The van der Waals surface area contributed by atoms with Crippen LogP contribution in [0.4, 0.5) is 11.4 Å².